The first kappa shape index (κ1) is 10.5. The molecule has 1 amide bonds. The number of hydroxylamine groups is 1. The van der Waals surface area contributed by atoms with Crippen LogP contribution in [0.15, 0.2) is 0 Å². The molecule has 0 bridgehead atoms. The van der Waals surface area contributed by atoms with E-state index in [-0.39, 0.29) is 11.8 Å². The molecule has 0 aliphatic carbocycles. The van der Waals surface area contributed by atoms with Gasteiger partial charge >= 0.3 is 0 Å². The van der Waals surface area contributed by atoms with Crippen molar-refractivity contribution in [1.82, 2.24) is 10.8 Å². The van der Waals surface area contributed by atoms with Gasteiger partial charge in [-0.05, 0) is 18.9 Å². The fraction of sp³-hybridized carbons (Fsp3) is 0.889. The topological polar surface area (TPSA) is 50.4 Å². The molecule has 13 heavy (non-hydrogen) atoms. The molecule has 1 atom stereocenters. The molecule has 76 valence electrons. The van der Waals surface area contributed by atoms with Gasteiger partial charge in [-0.1, -0.05) is 13.8 Å². The second-order valence-corrected chi connectivity index (χ2v) is 3.86. The second kappa shape index (κ2) is 5.19. The first-order valence-corrected chi connectivity index (χ1v) is 4.82. The number of nitrogens with one attached hydrogen (secondary N) is 2. The quantitative estimate of drug-likeness (QED) is 0.621. The SMILES string of the molecule is CC(C)CONC(=O)C1CCNC1. The molecule has 4 nitrogen and oxygen atoms in total. The summed E-state index contributed by atoms with van der Waals surface area (Å²) in [5.41, 5.74) is 2.48. The van der Waals surface area contributed by atoms with E-state index in [4.69, 9.17) is 4.84 Å². The van der Waals surface area contributed by atoms with Crippen molar-refractivity contribution >= 4 is 5.91 Å². The maximum Gasteiger partial charge on any atom is 0.247 e. The van der Waals surface area contributed by atoms with Crippen LogP contribution in [0.2, 0.25) is 0 Å². The fourth-order valence-electron chi connectivity index (χ4n) is 1.24. The van der Waals surface area contributed by atoms with Gasteiger partial charge in [0.05, 0.1) is 12.5 Å². The predicted octanol–water partition coefficient (Wildman–Crippen LogP) is 0.300. The lowest BCUT2D eigenvalue weighted by Gasteiger charge is -2.10. The molecule has 2 N–H and O–H groups in total. The predicted molar refractivity (Wildman–Crippen MR) is 49.9 cm³/mol. The molecule has 0 aromatic carbocycles. The van der Waals surface area contributed by atoms with Crippen LogP contribution in [0.4, 0.5) is 0 Å². The molecule has 1 saturated heterocycles. The molecular formula is C9H18N2O2. The third-order valence-electron chi connectivity index (χ3n) is 2.02. The monoisotopic (exact) mass is 186 g/mol. The molecule has 1 fully saturated rings. The summed E-state index contributed by atoms with van der Waals surface area (Å²) in [5.74, 6) is 0.541. The highest BCUT2D eigenvalue weighted by molar-refractivity contribution is 5.78. The molecule has 1 aliphatic rings. The number of hydrogen-bond donors (Lipinski definition) is 2. The number of amides is 1. The Kier molecular flexibility index (Phi) is 4.18. The molecule has 0 aromatic heterocycles. The van der Waals surface area contributed by atoms with Crippen molar-refractivity contribution in [3.05, 3.63) is 0 Å². The molecule has 1 unspecified atom stereocenters. The third kappa shape index (κ3) is 3.74. The smallest absolute Gasteiger partial charge is 0.247 e. The summed E-state index contributed by atoms with van der Waals surface area (Å²) >= 11 is 0. The van der Waals surface area contributed by atoms with Crippen LogP contribution in [0.5, 0.6) is 0 Å². The van der Waals surface area contributed by atoms with Crippen LogP contribution in [-0.2, 0) is 9.63 Å². The first-order valence-electron chi connectivity index (χ1n) is 4.82. The summed E-state index contributed by atoms with van der Waals surface area (Å²) in [4.78, 5) is 16.4. The highest BCUT2D eigenvalue weighted by atomic mass is 16.6. The van der Waals surface area contributed by atoms with E-state index in [2.05, 4.69) is 10.8 Å². The van der Waals surface area contributed by atoms with Gasteiger partial charge in [-0.25, -0.2) is 5.48 Å². The Balaban J connectivity index is 2.10. The molecule has 1 aliphatic heterocycles. The Morgan fingerprint density at radius 1 is 1.69 bits per heavy atom. The molecule has 0 aromatic rings. The summed E-state index contributed by atoms with van der Waals surface area (Å²) in [5, 5.41) is 3.14. The van der Waals surface area contributed by atoms with Crippen LogP contribution in [-0.4, -0.2) is 25.6 Å². The van der Waals surface area contributed by atoms with Gasteiger partial charge in [-0.15, -0.1) is 0 Å². The summed E-state index contributed by atoms with van der Waals surface area (Å²) in [7, 11) is 0. The largest absolute Gasteiger partial charge is 0.316 e. The summed E-state index contributed by atoms with van der Waals surface area (Å²) < 4.78 is 0. The number of rotatable bonds is 4. The fourth-order valence-corrected chi connectivity index (χ4v) is 1.24. The second-order valence-electron chi connectivity index (χ2n) is 3.86. The molecule has 1 heterocycles. The molecule has 1 rings (SSSR count). The Labute approximate surface area is 79.0 Å². The van der Waals surface area contributed by atoms with Crippen LogP contribution in [0.1, 0.15) is 20.3 Å². The van der Waals surface area contributed by atoms with E-state index in [1.165, 1.54) is 0 Å². The van der Waals surface area contributed by atoms with Gasteiger partial charge in [0, 0.05) is 6.54 Å². The van der Waals surface area contributed by atoms with Gasteiger partial charge in [-0.3, -0.25) is 9.63 Å². The van der Waals surface area contributed by atoms with Crippen molar-refractivity contribution in [3.8, 4) is 0 Å². The van der Waals surface area contributed by atoms with Gasteiger partial charge < -0.3 is 5.32 Å². The zero-order valence-electron chi connectivity index (χ0n) is 8.30. The van der Waals surface area contributed by atoms with E-state index >= 15 is 0 Å². The Hall–Kier alpha value is -0.610. The van der Waals surface area contributed by atoms with Crippen molar-refractivity contribution in [3.63, 3.8) is 0 Å². The molecule has 0 saturated carbocycles. The van der Waals surface area contributed by atoms with E-state index in [0.29, 0.717) is 12.5 Å². The van der Waals surface area contributed by atoms with Gasteiger partial charge in [0.15, 0.2) is 0 Å². The number of carbonyl (C=O) groups is 1. The number of carbonyl (C=O) groups excluding carboxylic acids is 1. The van der Waals surface area contributed by atoms with E-state index in [0.717, 1.165) is 19.5 Å². The Bertz CT molecular complexity index is 165. The van der Waals surface area contributed by atoms with Crippen molar-refractivity contribution in [1.29, 1.82) is 0 Å². The lowest BCUT2D eigenvalue weighted by Crippen LogP contribution is -2.32. The van der Waals surface area contributed by atoms with Crippen LogP contribution < -0.4 is 10.8 Å². The Morgan fingerprint density at radius 3 is 3.00 bits per heavy atom. The van der Waals surface area contributed by atoms with Crippen LogP contribution in [0.3, 0.4) is 0 Å². The first-order chi connectivity index (χ1) is 6.20. The zero-order chi connectivity index (χ0) is 9.68. The maximum absolute atomic E-state index is 11.4. The van der Waals surface area contributed by atoms with Crippen molar-refractivity contribution < 1.29 is 9.63 Å². The highest BCUT2D eigenvalue weighted by Crippen LogP contribution is 2.06. The molecule has 0 spiro atoms. The van der Waals surface area contributed by atoms with Gasteiger partial charge in [-0.2, -0.15) is 0 Å². The normalized spacial score (nSPS) is 22.2. The zero-order valence-corrected chi connectivity index (χ0v) is 8.30. The average molecular weight is 186 g/mol. The van der Waals surface area contributed by atoms with Crippen molar-refractivity contribution in [2.24, 2.45) is 11.8 Å². The number of hydrogen-bond acceptors (Lipinski definition) is 3. The van der Waals surface area contributed by atoms with E-state index in [1.54, 1.807) is 0 Å². The standard InChI is InChI=1S/C9H18N2O2/c1-7(2)6-13-11-9(12)8-3-4-10-5-8/h7-8,10H,3-6H2,1-2H3,(H,11,12). The lowest BCUT2D eigenvalue weighted by molar-refractivity contribution is -0.138. The van der Waals surface area contributed by atoms with E-state index < -0.39 is 0 Å². The van der Waals surface area contributed by atoms with Gasteiger partial charge in [0.2, 0.25) is 5.91 Å². The van der Waals surface area contributed by atoms with Crippen molar-refractivity contribution in [2.75, 3.05) is 19.7 Å². The van der Waals surface area contributed by atoms with E-state index in [1.807, 2.05) is 13.8 Å². The minimum atomic E-state index is 0.00523. The lowest BCUT2D eigenvalue weighted by atomic mass is 10.1. The van der Waals surface area contributed by atoms with Crippen LogP contribution in [0, 0.1) is 11.8 Å². The molecule has 0 radical (unpaired) electrons. The Morgan fingerprint density at radius 2 is 2.46 bits per heavy atom. The average Bonchev–Trinajstić information content (AvgIpc) is 2.55. The third-order valence-corrected chi connectivity index (χ3v) is 2.02. The van der Waals surface area contributed by atoms with Gasteiger partial charge in [0.1, 0.15) is 0 Å². The van der Waals surface area contributed by atoms with Crippen molar-refractivity contribution in [2.45, 2.75) is 20.3 Å². The summed E-state index contributed by atoms with van der Waals surface area (Å²) in [6.45, 7) is 6.37. The highest BCUT2D eigenvalue weighted by Gasteiger charge is 2.22. The minimum absolute atomic E-state index is 0.00523. The van der Waals surface area contributed by atoms with Gasteiger partial charge in [0.25, 0.3) is 0 Å². The summed E-state index contributed by atoms with van der Waals surface area (Å²) in [6.07, 6.45) is 0.914. The minimum Gasteiger partial charge on any atom is -0.316 e. The molecular weight excluding hydrogens is 168 g/mol. The molecule has 4 heteroatoms. The van der Waals surface area contributed by atoms with Crippen LogP contribution in [0.25, 0.3) is 0 Å². The van der Waals surface area contributed by atoms with Crippen LogP contribution >= 0.6 is 0 Å². The van der Waals surface area contributed by atoms with E-state index in [9.17, 15) is 4.79 Å². The summed E-state index contributed by atoms with van der Waals surface area (Å²) in [6, 6.07) is 0. The maximum atomic E-state index is 11.4.